The van der Waals surface area contributed by atoms with Crippen LogP contribution in [0.1, 0.15) is 24.7 Å². The van der Waals surface area contributed by atoms with Crippen LogP contribution in [0.3, 0.4) is 0 Å². The van der Waals surface area contributed by atoms with Crippen LogP contribution >= 0.6 is 0 Å². The number of nitrogens with one attached hydrogen (secondary N) is 2. The van der Waals surface area contributed by atoms with Crippen molar-refractivity contribution in [1.29, 1.82) is 0 Å². The SMILES string of the molecule is CC(=O)Nc1ccc(NC(=O)C2CC(=O)N(Cc3ccco3)C2)c(C(F)(F)F)c1. The highest BCUT2D eigenvalue weighted by atomic mass is 19.4. The molecule has 1 fully saturated rings. The van der Waals surface area contributed by atoms with Crippen molar-refractivity contribution in [3.63, 3.8) is 0 Å². The van der Waals surface area contributed by atoms with Crippen molar-refractivity contribution in [1.82, 2.24) is 4.90 Å². The molecule has 154 valence electrons. The molecule has 0 saturated carbocycles. The van der Waals surface area contributed by atoms with E-state index in [1.54, 1.807) is 12.1 Å². The third kappa shape index (κ3) is 4.95. The third-order valence-electron chi connectivity index (χ3n) is 4.42. The fourth-order valence-corrected chi connectivity index (χ4v) is 3.09. The van der Waals surface area contributed by atoms with Gasteiger partial charge in [-0.05, 0) is 30.3 Å². The van der Waals surface area contributed by atoms with E-state index in [0.29, 0.717) is 5.76 Å². The number of furan rings is 1. The maximum Gasteiger partial charge on any atom is 0.418 e. The predicted octanol–water partition coefficient (Wildman–Crippen LogP) is 3.24. The summed E-state index contributed by atoms with van der Waals surface area (Å²) < 4.78 is 45.4. The number of nitrogens with zero attached hydrogens (tertiary/aromatic N) is 1. The first-order chi connectivity index (χ1) is 13.6. The van der Waals surface area contributed by atoms with Crippen molar-refractivity contribution < 1.29 is 32.0 Å². The second-order valence-electron chi connectivity index (χ2n) is 6.68. The van der Waals surface area contributed by atoms with Gasteiger partial charge >= 0.3 is 6.18 Å². The summed E-state index contributed by atoms with van der Waals surface area (Å²) in [5.74, 6) is -1.71. The summed E-state index contributed by atoms with van der Waals surface area (Å²) in [6.07, 6.45) is -3.38. The molecule has 2 aromatic rings. The first-order valence-electron chi connectivity index (χ1n) is 8.73. The van der Waals surface area contributed by atoms with Crippen molar-refractivity contribution >= 4 is 29.1 Å². The van der Waals surface area contributed by atoms with Crippen LogP contribution in [-0.2, 0) is 27.1 Å². The molecule has 1 atom stereocenters. The minimum atomic E-state index is -4.74. The standard InChI is InChI=1S/C19H18F3N3O4/c1-11(26)23-13-4-5-16(15(8-13)19(20,21)22)24-18(28)12-7-17(27)25(9-12)10-14-3-2-6-29-14/h2-6,8,12H,7,9-10H2,1H3,(H,23,26)(H,24,28). The molecule has 7 nitrogen and oxygen atoms in total. The van der Waals surface area contributed by atoms with Crippen molar-refractivity contribution in [2.75, 3.05) is 17.2 Å². The molecule has 1 saturated heterocycles. The van der Waals surface area contributed by atoms with Crippen molar-refractivity contribution in [2.45, 2.75) is 26.1 Å². The maximum atomic E-state index is 13.4. The first kappa shape index (κ1) is 20.4. The number of anilines is 2. The summed E-state index contributed by atoms with van der Waals surface area (Å²) in [4.78, 5) is 37.1. The van der Waals surface area contributed by atoms with Gasteiger partial charge in [0.05, 0.1) is 30.0 Å². The lowest BCUT2D eigenvalue weighted by Crippen LogP contribution is -2.28. The lowest BCUT2D eigenvalue weighted by molar-refractivity contribution is -0.137. The Kier molecular flexibility index (Phi) is 5.62. The molecule has 1 unspecified atom stereocenters. The molecule has 1 aromatic carbocycles. The van der Waals surface area contributed by atoms with E-state index in [9.17, 15) is 27.6 Å². The molecule has 3 amide bonds. The monoisotopic (exact) mass is 409 g/mol. The number of likely N-dealkylation sites (tertiary alicyclic amines) is 1. The largest absolute Gasteiger partial charge is 0.467 e. The van der Waals surface area contributed by atoms with Gasteiger partial charge in [0.1, 0.15) is 5.76 Å². The Morgan fingerprint density at radius 1 is 1.24 bits per heavy atom. The topological polar surface area (TPSA) is 91.7 Å². The zero-order valence-electron chi connectivity index (χ0n) is 15.4. The first-order valence-corrected chi connectivity index (χ1v) is 8.73. The zero-order valence-corrected chi connectivity index (χ0v) is 15.4. The van der Waals surface area contributed by atoms with Crippen LogP contribution in [0.5, 0.6) is 0 Å². The van der Waals surface area contributed by atoms with E-state index in [-0.39, 0.29) is 31.1 Å². The fourth-order valence-electron chi connectivity index (χ4n) is 3.09. The van der Waals surface area contributed by atoms with Gasteiger partial charge in [0, 0.05) is 25.6 Å². The molecule has 1 aromatic heterocycles. The number of benzene rings is 1. The number of carbonyl (C=O) groups excluding carboxylic acids is 3. The molecule has 1 aliphatic rings. The van der Waals surface area contributed by atoms with Crippen LogP contribution in [0.25, 0.3) is 0 Å². The number of carbonyl (C=O) groups is 3. The van der Waals surface area contributed by atoms with Crippen molar-refractivity contribution in [3.8, 4) is 0 Å². The Bertz CT molecular complexity index is 925. The molecule has 10 heteroatoms. The van der Waals surface area contributed by atoms with Crippen LogP contribution in [-0.4, -0.2) is 29.2 Å². The summed E-state index contributed by atoms with van der Waals surface area (Å²) >= 11 is 0. The summed E-state index contributed by atoms with van der Waals surface area (Å²) in [6, 6.07) is 6.44. The highest BCUT2D eigenvalue weighted by Crippen LogP contribution is 2.37. The van der Waals surface area contributed by atoms with Crippen LogP contribution in [0.15, 0.2) is 41.0 Å². The van der Waals surface area contributed by atoms with Gasteiger partial charge in [0.2, 0.25) is 17.7 Å². The Morgan fingerprint density at radius 3 is 2.62 bits per heavy atom. The fraction of sp³-hybridized carbons (Fsp3) is 0.316. The maximum absolute atomic E-state index is 13.4. The molecule has 0 spiro atoms. The lowest BCUT2D eigenvalue weighted by Gasteiger charge is -2.18. The number of amides is 3. The lowest BCUT2D eigenvalue weighted by atomic mass is 10.1. The summed E-state index contributed by atoms with van der Waals surface area (Å²) in [5.41, 5.74) is -1.56. The summed E-state index contributed by atoms with van der Waals surface area (Å²) in [7, 11) is 0. The van der Waals surface area contributed by atoms with E-state index in [4.69, 9.17) is 4.42 Å². The van der Waals surface area contributed by atoms with Gasteiger partial charge in [-0.1, -0.05) is 0 Å². The number of halogens is 3. The normalized spacial score (nSPS) is 16.8. The quantitative estimate of drug-likeness (QED) is 0.793. The van der Waals surface area contributed by atoms with Gasteiger partial charge in [-0.3, -0.25) is 14.4 Å². The van der Waals surface area contributed by atoms with Crippen LogP contribution in [0.2, 0.25) is 0 Å². The van der Waals surface area contributed by atoms with E-state index in [1.165, 1.54) is 24.2 Å². The van der Waals surface area contributed by atoms with Gasteiger partial charge in [0.25, 0.3) is 0 Å². The number of rotatable bonds is 5. The molecule has 0 radical (unpaired) electrons. The minimum Gasteiger partial charge on any atom is -0.467 e. The van der Waals surface area contributed by atoms with Crippen LogP contribution in [0.4, 0.5) is 24.5 Å². The molecule has 3 rings (SSSR count). The number of hydrogen-bond donors (Lipinski definition) is 2. The smallest absolute Gasteiger partial charge is 0.418 e. The molecular weight excluding hydrogens is 391 g/mol. The second-order valence-corrected chi connectivity index (χ2v) is 6.68. The van der Waals surface area contributed by atoms with Gasteiger partial charge in [-0.25, -0.2) is 0 Å². The molecule has 2 heterocycles. The van der Waals surface area contributed by atoms with Gasteiger partial charge < -0.3 is 20.0 Å². The Balaban J connectivity index is 1.73. The Hall–Kier alpha value is -3.30. The molecular formula is C19H18F3N3O4. The van der Waals surface area contributed by atoms with Crippen molar-refractivity contribution in [2.24, 2.45) is 5.92 Å². The number of hydrogen-bond acceptors (Lipinski definition) is 4. The highest BCUT2D eigenvalue weighted by Gasteiger charge is 2.37. The molecule has 0 bridgehead atoms. The second kappa shape index (κ2) is 7.98. The van der Waals surface area contributed by atoms with E-state index in [2.05, 4.69) is 10.6 Å². The van der Waals surface area contributed by atoms with Gasteiger partial charge in [-0.15, -0.1) is 0 Å². The van der Waals surface area contributed by atoms with E-state index in [1.807, 2.05) is 0 Å². The predicted molar refractivity (Wildman–Crippen MR) is 96.6 cm³/mol. The van der Waals surface area contributed by atoms with E-state index in [0.717, 1.165) is 12.1 Å². The molecule has 2 N–H and O–H groups in total. The van der Waals surface area contributed by atoms with Crippen molar-refractivity contribution in [3.05, 3.63) is 47.9 Å². The van der Waals surface area contributed by atoms with Crippen LogP contribution < -0.4 is 10.6 Å². The highest BCUT2D eigenvalue weighted by molar-refractivity contribution is 5.98. The minimum absolute atomic E-state index is 0.0384. The van der Waals surface area contributed by atoms with Gasteiger partial charge in [0.15, 0.2) is 0 Å². The number of alkyl halides is 3. The third-order valence-corrected chi connectivity index (χ3v) is 4.42. The average molecular weight is 409 g/mol. The average Bonchev–Trinajstić information content (AvgIpc) is 3.25. The van der Waals surface area contributed by atoms with Crippen LogP contribution in [0, 0.1) is 5.92 Å². The molecule has 1 aliphatic heterocycles. The summed E-state index contributed by atoms with van der Waals surface area (Å²) in [5, 5.41) is 4.54. The van der Waals surface area contributed by atoms with E-state index < -0.39 is 35.2 Å². The Labute approximate surface area is 163 Å². The van der Waals surface area contributed by atoms with E-state index >= 15 is 0 Å². The Morgan fingerprint density at radius 2 is 2.00 bits per heavy atom. The molecule has 0 aliphatic carbocycles. The molecule has 29 heavy (non-hydrogen) atoms. The van der Waals surface area contributed by atoms with Gasteiger partial charge in [-0.2, -0.15) is 13.2 Å². The summed E-state index contributed by atoms with van der Waals surface area (Å²) in [6.45, 7) is 1.44. The zero-order chi connectivity index (χ0) is 21.2.